The van der Waals surface area contributed by atoms with Crippen LogP contribution in [0.2, 0.25) is 0 Å². The molecule has 104 valence electrons. The molecule has 1 amide bonds. The Labute approximate surface area is 112 Å². The van der Waals surface area contributed by atoms with Gasteiger partial charge in [-0.15, -0.1) is 0 Å². The van der Waals surface area contributed by atoms with E-state index >= 15 is 0 Å². The standard InChI is InChI=1S/C13H19N3O3/c1-9(14)3-2-4-12(17)16-8-11-7-10(13(18)19)5-6-15-11/h5-7,9H,2-4,8,14H2,1H3,(H,16,17)(H,18,19). The molecule has 6 nitrogen and oxygen atoms in total. The Morgan fingerprint density at radius 1 is 1.53 bits per heavy atom. The summed E-state index contributed by atoms with van der Waals surface area (Å²) in [6.45, 7) is 2.14. The topological polar surface area (TPSA) is 105 Å². The minimum Gasteiger partial charge on any atom is -0.478 e. The van der Waals surface area contributed by atoms with Gasteiger partial charge in [0.05, 0.1) is 17.8 Å². The van der Waals surface area contributed by atoms with Gasteiger partial charge in [0, 0.05) is 18.7 Å². The molecule has 0 aliphatic heterocycles. The summed E-state index contributed by atoms with van der Waals surface area (Å²) < 4.78 is 0. The number of carboxylic acids is 1. The molecule has 1 heterocycles. The van der Waals surface area contributed by atoms with E-state index in [1.165, 1.54) is 18.3 Å². The number of hydrogen-bond donors (Lipinski definition) is 3. The van der Waals surface area contributed by atoms with Gasteiger partial charge in [0.15, 0.2) is 0 Å². The minimum absolute atomic E-state index is 0.0804. The zero-order valence-corrected chi connectivity index (χ0v) is 10.9. The van der Waals surface area contributed by atoms with Gasteiger partial charge in [-0.05, 0) is 31.9 Å². The molecule has 1 aromatic heterocycles. The molecule has 0 spiro atoms. The molecule has 0 aliphatic carbocycles. The lowest BCUT2D eigenvalue weighted by molar-refractivity contribution is -0.121. The van der Waals surface area contributed by atoms with Gasteiger partial charge in [0.2, 0.25) is 5.91 Å². The van der Waals surface area contributed by atoms with Crippen molar-refractivity contribution >= 4 is 11.9 Å². The van der Waals surface area contributed by atoms with Crippen molar-refractivity contribution in [1.82, 2.24) is 10.3 Å². The van der Waals surface area contributed by atoms with E-state index in [1.54, 1.807) is 0 Å². The van der Waals surface area contributed by atoms with Crippen molar-refractivity contribution in [3.8, 4) is 0 Å². The number of carboxylic acid groups (broad SMARTS) is 1. The molecule has 0 aromatic carbocycles. The zero-order chi connectivity index (χ0) is 14.3. The van der Waals surface area contributed by atoms with E-state index in [0.29, 0.717) is 12.1 Å². The average Bonchev–Trinajstić information content (AvgIpc) is 2.36. The van der Waals surface area contributed by atoms with Crippen LogP contribution in [0, 0.1) is 0 Å². The second-order valence-electron chi connectivity index (χ2n) is 4.49. The maximum absolute atomic E-state index is 11.5. The van der Waals surface area contributed by atoms with Crippen LogP contribution in [-0.4, -0.2) is 28.0 Å². The highest BCUT2D eigenvalue weighted by Gasteiger charge is 2.06. The van der Waals surface area contributed by atoms with Crippen LogP contribution in [0.15, 0.2) is 18.3 Å². The fraction of sp³-hybridized carbons (Fsp3) is 0.462. The van der Waals surface area contributed by atoms with Crippen molar-refractivity contribution in [3.63, 3.8) is 0 Å². The van der Waals surface area contributed by atoms with Gasteiger partial charge in [-0.3, -0.25) is 9.78 Å². The van der Waals surface area contributed by atoms with E-state index in [1.807, 2.05) is 6.92 Å². The number of aromatic carboxylic acids is 1. The summed E-state index contributed by atoms with van der Waals surface area (Å²) in [6.07, 6.45) is 3.38. The molecule has 1 aromatic rings. The summed E-state index contributed by atoms with van der Waals surface area (Å²) in [5.74, 6) is -1.09. The maximum atomic E-state index is 11.5. The average molecular weight is 265 g/mol. The maximum Gasteiger partial charge on any atom is 0.335 e. The van der Waals surface area contributed by atoms with Crippen LogP contribution < -0.4 is 11.1 Å². The Balaban J connectivity index is 2.37. The summed E-state index contributed by atoms with van der Waals surface area (Å²) in [4.78, 5) is 26.3. The first-order valence-electron chi connectivity index (χ1n) is 6.19. The molecular formula is C13H19N3O3. The van der Waals surface area contributed by atoms with Crippen LogP contribution in [0.3, 0.4) is 0 Å². The highest BCUT2D eigenvalue weighted by molar-refractivity contribution is 5.87. The van der Waals surface area contributed by atoms with Gasteiger partial charge in [0.1, 0.15) is 0 Å². The summed E-state index contributed by atoms with van der Waals surface area (Å²) in [5.41, 5.74) is 6.28. The largest absolute Gasteiger partial charge is 0.478 e. The van der Waals surface area contributed by atoms with Gasteiger partial charge in [0.25, 0.3) is 0 Å². The summed E-state index contributed by atoms with van der Waals surface area (Å²) in [5, 5.41) is 11.5. The second-order valence-corrected chi connectivity index (χ2v) is 4.49. The molecule has 0 saturated carbocycles. The van der Waals surface area contributed by atoms with E-state index in [2.05, 4.69) is 10.3 Å². The summed E-state index contributed by atoms with van der Waals surface area (Å²) in [7, 11) is 0. The number of carbonyl (C=O) groups excluding carboxylic acids is 1. The van der Waals surface area contributed by atoms with Crippen LogP contribution in [0.5, 0.6) is 0 Å². The minimum atomic E-state index is -1.01. The van der Waals surface area contributed by atoms with Crippen LogP contribution in [0.4, 0.5) is 0 Å². The van der Waals surface area contributed by atoms with Crippen LogP contribution in [-0.2, 0) is 11.3 Å². The lowest BCUT2D eigenvalue weighted by Crippen LogP contribution is -2.24. The monoisotopic (exact) mass is 265 g/mol. The molecule has 1 unspecified atom stereocenters. The van der Waals surface area contributed by atoms with E-state index in [-0.39, 0.29) is 24.1 Å². The molecule has 19 heavy (non-hydrogen) atoms. The van der Waals surface area contributed by atoms with Crippen LogP contribution in [0.25, 0.3) is 0 Å². The van der Waals surface area contributed by atoms with Crippen molar-refractivity contribution < 1.29 is 14.7 Å². The lowest BCUT2D eigenvalue weighted by atomic mass is 10.1. The highest BCUT2D eigenvalue weighted by Crippen LogP contribution is 2.02. The zero-order valence-electron chi connectivity index (χ0n) is 10.9. The van der Waals surface area contributed by atoms with E-state index < -0.39 is 5.97 Å². The molecule has 0 fully saturated rings. The smallest absolute Gasteiger partial charge is 0.335 e. The second kappa shape index (κ2) is 7.48. The van der Waals surface area contributed by atoms with Gasteiger partial charge >= 0.3 is 5.97 Å². The predicted octanol–water partition coefficient (Wildman–Crippen LogP) is 0.913. The molecule has 0 saturated heterocycles. The number of amides is 1. The SMILES string of the molecule is CC(N)CCCC(=O)NCc1cc(C(=O)O)ccn1. The Morgan fingerprint density at radius 2 is 2.26 bits per heavy atom. The first-order valence-corrected chi connectivity index (χ1v) is 6.19. The Kier molecular flexibility index (Phi) is 5.95. The number of hydrogen-bond acceptors (Lipinski definition) is 4. The molecule has 4 N–H and O–H groups in total. The normalized spacial score (nSPS) is 11.9. The number of rotatable bonds is 7. The first kappa shape index (κ1) is 15.1. The van der Waals surface area contributed by atoms with Gasteiger partial charge < -0.3 is 16.2 Å². The first-order chi connectivity index (χ1) is 8.99. The van der Waals surface area contributed by atoms with Gasteiger partial charge in [-0.2, -0.15) is 0 Å². The molecule has 1 atom stereocenters. The number of carbonyl (C=O) groups is 2. The molecule has 0 bridgehead atoms. The highest BCUT2D eigenvalue weighted by atomic mass is 16.4. The van der Waals surface area contributed by atoms with Crippen molar-refractivity contribution in [2.24, 2.45) is 5.73 Å². The predicted molar refractivity (Wildman–Crippen MR) is 70.5 cm³/mol. The van der Waals surface area contributed by atoms with Crippen molar-refractivity contribution in [3.05, 3.63) is 29.6 Å². The van der Waals surface area contributed by atoms with E-state index in [4.69, 9.17) is 10.8 Å². The molecule has 0 aliphatic rings. The number of pyridine rings is 1. The molecule has 0 radical (unpaired) electrons. The van der Waals surface area contributed by atoms with E-state index in [0.717, 1.165) is 12.8 Å². The van der Waals surface area contributed by atoms with Crippen LogP contribution in [0.1, 0.15) is 42.2 Å². The third kappa shape index (κ3) is 5.96. The third-order valence-corrected chi connectivity index (χ3v) is 2.59. The third-order valence-electron chi connectivity index (χ3n) is 2.59. The Bertz CT molecular complexity index is 447. The van der Waals surface area contributed by atoms with Gasteiger partial charge in [-0.1, -0.05) is 0 Å². The number of nitrogens with zero attached hydrogens (tertiary/aromatic N) is 1. The lowest BCUT2D eigenvalue weighted by Gasteiger charge is -2.06. The summed E-state index contributed by atoms with van der Waals surface area (Å²) >= 11 is 0. The molecular weight excluding hydrogens is 246 g/mol. The van der Waals surface area contributed by atoms with E-state index in [9.17, 15) is 9.59 Å². The van der Waals surface area contributed by atoms with Gasteiger partial charge in [-0.25, -0.2) is 4.79 Å². The Morgan fingerprint density at radius 3 is 2.89 bits per heavy atom. The Hall–Kier alpha value is -1.95. The fourth-order valence-electron chi connectivity index (χ4n) is 1.57. The molecule has 6 heteroatoms. The number of nitrogens with one attached hydrogen (secondary N) is 1. The van der Waals surface area contributed by atoms with Crippen molar-refractivity contribution in [2.75, 3.05) is 0 Å². The quantitative estimate of drug-likeness (QED) is 0.679. The van der Waals surface area contributed by atoms with Crippen LogP contribution >= 0.6 is 0 Å². The summed E-state index contributed by atoms with van der Waals surface area (Å²) in [6, 6.07) is 2.96. The number of nitrogens with two attached hydrogens (primary N) is 1. The number of aromatic nitrogens is 1. The fourth-order valence-corrected chi connectivity index (χ4v) is 1.57. The molecule has 1 rings (SSSR count). The van der Waals surface area contributed by atoms with Crippen molar-refractivity contribution in [2.45, 2.75) is 38.8 Å². The van der Waals surface area contributed by atoms with Crippen molar-refractivity contribution in [1.29, 1.82) is 0 Å².